The third-order valence-corrected chi connectivity index (χ3v) is 1.47. The Labute approximate surface area is 80.2 Å². The summed E-state index contributed by atoms with van der Waals surface area (Å²) in [5.41, 5.74) is 0. The maximum atomic E-state index is 10.1. The number of benzene rings is 1. The lowest BCUT2D eigenvalue weighted by Crippen LogP contribution is -2.02. The van der Waals surface area contributed by atoms with Gasteiger partial charge in [0.1, 0.15) is 5.75 Å². The summed E-state index contributed by atoms with van der Waals surface area (Å²) in [5, 5.41) is 0. The maximum Gasteiger partial charge on any atom is 0.497 e. The quantitative estimate of drug-likeness (QED) is 0.254. The van der Waals surface area contributed by atoms with E-state index in [4.69, 9.17) is 14.5 Å². The van der Waals surface area contributed by atoms with Crippen LogP contribution < -0.4 is 4.74 Å². The lowest BCUT2D eigenvalue weighted by Gasteiger charge is -2.06. The van der Waals surface area contributed by atoms with Crippen LogP contribution in [0.3, 0.4) is 0 Å². The van der Waals surface area contributed by atoms with E-state index < -0.39 is 14.6 Å². The lowest BCUT2D eigenvalue weighted by molar-refractivity contribution is -0.258. The Morgan fingerprint density at radius 3 is 2.43 bits per heavy atom. The van der Waals surface area contributed by atoms with Gasteiger partial charge in [0, 0.05) is 0 Å². The molecule has 0 unspecified atom stereocenters. The Morgan fingerprint density at radius 1 is 1.21 bits per heavy atom. The van der Waals surface area contributed by atoms with Crippen molar-refractivity contribution in [1.82, 2.24) is 0 Å². The molecule has 0 radical (unpaired) electrons. The third-order valence-electron chi connectivity index (χ3n) is 1.17. The first-order valence-corrected chi connectivity index (χ1v) is 5.15. The Hall–Kier alpha value is -0.910. The molecule has 2 N–H and O–H groups in total. The Kier molecular flexibility index (Phi) is 4.06. The SMILES string of the molecule is O=P(O)(O)OOCOc1ccccc1. The highest BCUT2D eigenvalue weighted by Gasteiger charge is 2.14. The van der Waals surface area contributed by atoms with Gasteiger partial charge in [0.2, 0.25) is 6.79 Å². The van der Waals surface area contributed by atoms with Crippen LogP contribution in [0.2, 0.25) is 0 Å². The van der Waals surface area contributed by atoms with Crippen molar-refractivity contribution in [1.29, 1.82) is 0 Å². The third kappa shape index (κ3) is 4.96. The van der Waals surface area contributed by atoms with Gasteiger partial charge in [0.15, 0.2) is 0 Å². The molecule has 0 atom stereocenters. The van der Waals surface area contributed by atoms with Crippen LogP contribution in [-0.4, -0.2) is 16.6 Å². The molecule has 7 heteroatoms. The summed E-state index contributed by atoms with van der Waals surface area (Å²) in [6.07, 6.45) is 0. The van der Waals surface area contributed by atoms with Crippen molar-refractivity contribution in [3.8, 4) is 5.75 Å². The predicted octanol–water partition coefficient (Wildman–Crippen LogP) is 1.06. The van der Waals surface area contributed by atoms with Crippen LogP contribution in [-0.2, 0) is 14.1 Å². The van der Waals surface area contributed by atoms with Crippen LogP contribution in [0, 0.1) is 0 Å². The largest absolute Gasteiger partial charge is 0.497 e. The molecule has 78 valence electrons. The number of hydrogen-bond acceptors (Lipinski definition) is 4. The van der Waals surface area contributed by atoms with E-state index >= 15 is 0 Å². The second-order valence-corrected chi connectivity index (χ2v) is 3.39. The summed E-state index contributed by atoms with van der Waals surface area (Å²) in [6.45, 7) is -0.394. The minimum Gasteiger partial charge on any atom is -0.465 e. The molecule has 0 heterocycles. The van der Waals surface area contributed by atoms with E-state index in [2.05, 4.69) is 9.56 Å². The average molecular weight is 220 g/mol. The van der Waals surface area contributed by atoms with Crippen molar-refractivity contribution in [2.75, 3.05) is 6.79 Å². The van der Waals surface area contributed by atoms with Crippen molar-refractivity contribution in [3.05, 3.63) is 30.3 Å². The van der Waals surface area contributed by atoms with Gasteiger partial charge in [-0.2, -0.15) is 4.89 Å². The molecule has 0 aliphatic rings. The Balaban J connectivity index is 2.20. The van der Waals surface area contributed by atoms with Crippen LogP contribution >= 0.6 is 7.82 Å². The fourth-order valence-electron chi connectivity index (χ4n) is 0.699. The van der Waals surface area contributed by atoms with Gasteiger partial charge in [-0.1, -0.05) is 18.2 Å². The zero-order valence-electron chi connectivity index (χ0n) is 7.07. The molecule has 0 bridgehead atoms. The van der Waals surface area contributed by atoms with Gasteiger partial charge in [-0.3, -0.25) is 0 Å². The molecule has 0 saturated carbocycles. The highest BCUT2D eigenvalue weighted by molar-refractivity contribution is 7.46. The van der Waals surface area contributed by atoms with Crippen molar-refractivity contribution >= 4 is 7.82 Å². The van der Waals surface area contributed by atoms with Crippen LogP contribution in [0.1, 0.15) is 0 Å². The first-order chi connectivity index (χ1) is 6.58. The molecular formula is C7H9O6P. The monoisotopic (exact) mass is 220 g/mol. The van der Waals surface area contributed by atoms with E-state index in [0.29, 0.717) is 5.75 Å². The summed E-state index contributed by atoms with van der Waals surface area (Å²) in [5.74, 6) is 0.516. The van der Waals surface area contributed by atoms with Crippen molar-refractivity contribution in [3.63, 3.8) is 0 Å². The van der Waals surface area contributed by atoms with E-state index in [1.807, 2.05) is 0 Å². The molecule has 0 aliphatic carbocycles. The molecule has 14 heavy (non-hydrogen) atoms. The van der Waals surface area contributed by atoms with Gasteiger partial charge in [-0.15, -0.1) is 4.67 Å². The van der Waals surface area contributed by atoms with E-state index in [-0.39, 0.29) is 0 Å². The maximum absolute atomic E-state index is 10.1. The number of phosphoric acid groups is 1. The van der Waals surface area contributed by atoms with Gasteiger partial charge < -0.3 is 14.5 Å². The second kappa shape index (κ2) is 5.09. The molecular weight excluding hydrogens is 211 g/mol. The summed E-state index contributed by atoms with van der Waals surface area (Å²) in [4.78, 5) is 20.6. The number of ether oxygens (including phenoxy) is 1. The molecule has 1 aromatic rings. The van der Waals surface area contributed by atoms with Crippen LogP contribution in [0.15, 0.2) is 30.3 Å². The van der Waals surface area contributed by atoms with Crippen molar-refractivity contribution in [2.45, 2.75) is 0 Å². The molecule has 1 rings (SSSR count). The number of rotatable bonds is 5. The fourth-order valence-corrected chi connectivity index (χ4v) is 0.879. The molecule has 0 spiro atoms. The minimum absolute atomic E-state index is 0.394. The lowest BCUT2D eigenvalue weighted by atomic mass is 10.3. The molecule has 0 aliphatic heterocycles. The van der Waals surface area contributed by atoms with Gasteiger partial charge in [-0.05, 0) is 12.1 Å². The van der Waals surface area contributed by atoms with Crippen LogP contribution in [0.5, 0.6) is 5.75 Å². The number of hydrogen-bond donors (Lipinski definition) is 2. The number of para-hydroxylation sites is 1. The molecule has 0 saturated heterocycles. The molecule has 1 aromatic carbocycles. The Morgan fingerprint density at radius 2 is 1.86 bits per heavy atom. The van der Waals surface area contributed by atoms with E-state index in [9.17, 15) is 4.57 Å². The zero-order valence-corrected chi connectivity index (χ0v) is 7.96. The Bertz CT molecular complexity index is 307. The van der Waals surface area contributed by atoms with Crippen molar-refractivity contribution in [2.24, 2.45) is 0 Å². The fraction of sp³-hybridized carbons (Fsp3) is 0.143. The molecule has 0 fully saturated rings. The highest BCUT2D eigenvalue weighted by Crippen LogP contribution is 2.35. The summed E-state index contributed by atoms with van der Waals surface area (Å²) < 4.78 is 18.7. The summed E-state index contributed by atoms with van der Waals surface area (Å²) in [6, 6.07) is 8.64. The molecule has 6 nitrogen and oxygen atoms in total. The van der Waals surface area contributed by atoms with Gasteiger partial charge >= 0.3 is 7.82 Å². The first-order valence-electron chi connectivity index (χ1n) is 3.62. The van der Waals surface area contributed by atoms with Crippen LogP contribution in [0.25, 0.3) is 0 Å². The summed E-state index contributed by atoms with van der Waals surface area (Å²) in [7, 11) is -4.59. The van der Waals surface area contributed by atoms with Crippen LogP contribution in [0.4, 0.5) is 0 Å². The van der Waals surface area contributed by atoms with Crippen molar-refractivity contribution < 1.29 is 28.7 Å². The zero-order chi connectivity index (χ0) is 10.4. The highest BCUT2D eigenvalue weighted by atomic mass is 31.2. The predicted molar refractivity (Wildman–Crippen MR) is 46.2 cm³/mol. The average Bonchev–Trinajstić information content (AvgIpc) is 2.13. The smallest absolute Gasteiger partial charge is 0.465 e. The standard InChI is InChI=1S/C7H9O6P/c8-14(9,10)13-12-6-11-7-4-2-1-3-5-7/h1-5H,6H2,(H2,8,9,10). The van der Waals surface area contributed by atoms with Gasteiger partial charge in [-0.25, -0.2) is 4.57 Å². The van der Waals surface area contributed by atoms with E-state index in [1.54, 1.807) is 30.3 Å². The first kappa shape index (κ1) is 11.2. The normalized spacial score (nSPS) is 11.3. The molecule has 0 amide bonds. The van der Waals surface area contributed by atoms with Gasteiger partial charge in [0.25, 0.3) is 0 Å². The minimum atomic E-state index is -4.59. The molecule has 0 aromatic heterocycles. The van der Waals surface area contributed by atoms with E-state index in [1.165, 1.54) is 0 Å². The topological polar surface area (TPSA) is 85.2 Å². The summed E-state index contributed by atoms with van der Waals surface area (Å²) >= 11 is 0. The second-order valence-electron chi connectivity index (χ2n) is 2.26. The van der Waals surface area contributed by atoms with E-state index in [0.717, 1.165) is 0 Å². The van der Waals surface area contributed by atoms with Gasteiger partial charge in [0.05, 0.1) is 0 Å².